The van der Waals surface area contributed by atoms with Gasteiger partial charge in [0, 0.05) is 10.6 Å². The van der Waals surface area contributed by atoms with E-state index in [-0.39, 0.29) is 5.02 Å². The van der Waals surface area contributed by atoms with Gasteiger partial charge in [-0.25, -0.2) is 4.39 Å². The highest BCUT2D eigenvalue weighted by molar-refractivity contribution is 6.30. The molecule has 0 radical (unpaired) electrons. The number of rotatable bonds is 1. The fraction of sp³-hybridized carbons (Fsp3) is 0. The van der Waals surface area contributed by atoms with Gasteiger partial charge in [0.25, 0.3) is 0 Å². The second-order valence-corrected chi connectivity index (χ2v) is 2.35. The summed E-state index contributed by atoms with van der Waals surface area (Å²) in [5.74, 6) is -2.40. The lowest BCUT2D eigenvalue weighted by Gasteiger charge is -2.02. The minimum Gasteiger partial charge on any atom is -0.545 e. The van der Waals surface area contributed by atoms with Gasteiger partial charge in [-0.2, -0.15) is 0 Å². The number of hydrogen-bond donors (Lipinski definition) is 0. The third-order valence-electron chi connectivity index (χ3n) is 1.15. The Bertz CT molecular complexity index is 298. The number of halogens is 2. The van der Waals surface area contributed by atoms with Gasteiger partial charge in [-0.15, -0.1) is 0 Å². The zero-order chi connectivity index (χ0) is 8.43. The average Bonchev–Trinajstić information content (AvgIpc) is 1.94. The maximum absolute atomic E-state index is 12.5. The molecule has 0 aromatic heterocycles. The third kappa shape index (κ3) is 1.68. The lowest BCUT2D eigenvalue weighted by Crippen LogP contribution is -2.23. The summed E-state index contributed by atoms with van der Waals surface area (Å²) < 4.78 is 12.5. The van der Waals surface area contributed by atoms with Crippen LogP contribution < -0.4 is 5.11 Å². The smallest absolute Gasteiger partial charge is 0.132 e. The van der Waals surface area contributed by atoms with Crippen LogP contribution in [0.25, 0.3) is 0 Å². The normalized spacial score (nSPS) is 9.64. The monoisotopic (exact) mass is 173 g/mol. The summed E-state index contributed by atoms with van der Waals surface area (Å²) in [5, 5.41) is 10.3. The molecule has 1 aromatic carbocycles. The molecule has 0 unspecified atom stereocenters. The predicted octanol–water partition coefficient (Wildman–Crippen LogP) is 0.843. The van der Waals surface area contributed by atoms with Gasteiger partial charge in [-0.05, 0) is 18.2 Å². The van der Waals surface area contributed by atoms with Crippen molar-refractivity contribution in [2.24, 2.45) is 0 Å². The van der Waals surface area contributed by atoms with Gasteiger partial charge in [0.05, 0.1) is 5.97 Å². The fourth-order valence-electron chi connectivity index (χ4n) is 0.654. The van der Waals surface area contributed by atoms with E-state index in [9.17, 15) is 14.3 Å². The van der Waals surface area contributed by atoms with Gasteiger partial charge in [0.2, 0.25) is 0 Å². The van der Waals surface area contributed by atoms with Crippen molar-refractivity contribution in [2.75, 3.05) is 0 Å². The Morgan fingerprint density at radius 2 is 2.18 bits per heavy atom. The van der Waals surface area contributed by atoms with Crippen molar-refractivity contribution >= 4 is 17.6 Å². The largest absolute Gasteiger partial charge is 0.545 e. The molecule has 0 atom stereocenters. The van der Waals surface area contributed by atoms with Crippen LogP contribution in [0.15, 0.2) is 18.2 Å². The van der Waals surface area contributed by atoms with E-state index >= 15 is 0 Å². The van der Waals surface area contributed by atoms with Crippen LogP contribution in [-0.2, 0) is 0 Å². The zero-order valence-electron chi connectivity index (χ0n) is 5.30. The standard InChI is InChI=1S/C7H4ClFO2/c8-4-1-2-6(9)5(3-4)7(10)11/h1-3H,(H,10,11)/p-1. The molecule has 0 aliphatic rings. The van der Waals surface area contributed by atoms with Crippen LogP contribution >= 0.6 is 11.6 Å². The molecule has 0 saturated heterocycles. The molecule has 0 saturated carbocycles. The van der Waals surface area contributed by atoms with Crippen LogP contribution in [0, 0.1) is 5.82 Å². The first kappa shape index (κ1) is 8.01. The van der Waals surface area contributed by atoms with Gasteiger partial charge >= 0.3 is 0 Å². The molecular weight excluding hydrogens is 171 g/mol. The van der Waals surface area contributed by atoms with Gasteiger partial charge in [-0.3, -0.25) is 0 Å². The molecule has 2 nitrogen and oxygen atoms in total. The lowest BCUT2D eigenvalue weighted by atomic mass is 10.2. The maximum atomic E-state index is 12.5. The summed E-state index contributed by atoms with van der Waals surface area (Å²) in [6.07, 6.45) is 0. The molecule has 0 N–H and O–H groups in total. The van der Waals surface area contributed by atoms with Crippen LogP contribution in [0.4, 0.5) is 4.39 Å². The highest BCUT2D eigenvalue weighted by Gasteiger charge is 2.02. The van der Waals surface area contributed by atoms with Crippen molar-refractivity contribution in [3.8, 4) is 0 Å². The third-order valence-corrected chi connectivity index (χ3v) is 1.38. The van der Waals surface area contributed by atoms with E-state index in [0.29, 0.717) is 0 Å². The fourth-order valence-corrected chi connectivity index (χ4v) is 0.826. The molecule has 1 rings (SSSR count). The Labute approximate surface area is 67.2 Å². The molecular formula is C7H3ClFO2-. The Balaban J connectivity index is 3.23. The first-order valence-electron chi connectivity index (χ1n) is 2.77. The molecule has 1 aromatic rings. The van der Waals surface area contributed by atoms with Crippen LogP contribution in [-0.4, -0.2) is 5.97 Å². The summed E-state index contributed by atoms with van der Waals surface area (Å²) in [6, 6.07) is 3.25. The highest BCUT2D eigenvalue weighted by atomic mass is 35.5. The quantitative estimate of drug-likeness (QED) is 0.632. The summed E-state index contributed by atoms with van der Waals surface area (Å²) in [4.78, 5) is 10.2. The molecule has 11 heavy (non-hydrogen) atoms. The Kier molecular flexibility index (Phi) is 2.10. The van der Waals surface area contributed by atoms with E-state index in [1.165, 1.54) is 6.07 Å². The van der Waals surface area contributed by atoms with E-state index in [1.54, 1.807) is 0 Å². The average molecular weight is 174 g/mol. The Morgan fingerprint density at radius 1 is 1.55 bits per heavy atom. The van der Waals surface area contributed by atoms with Crippen molar-refractivity contribution in [3.63, 3.8) is 0 Å². The van der Waals surface area contributed by atoms with E-state index in [0.717, 1.165) is 12.1 Å². The lowest BCUT2D eigenvalue weighted by molar-refractivity contribution is -0.255. The van der Waals surface area contributed by atoms with E-state index < -0.39 is 17.3 Å². The Morgan fingerprint density at radius 3 is 2.64 bits per heavy atom. The number of hydrogen-bond acceptors (Lipinski definition) is 2. The maximum Gasteiger partial charge on any atom is 0.132 e. The van der Waals surface area contributed by atoms with Crippen molar-refractivity contribution in [1.82, 2.24) is 0 Å². The van der Waals surface area contributed by atoms with Crippen LogP contribution in [0.3, 0.4) is 0 Å². The van der Waals surface area contributed by atoms with E-state index in [2.05, 4.69) is 0 Å². The predicted molar refractivity (Wildman–Crippen MR) is 35.7 cm³/mol. The first-order valence-corrected chi connectivity index (χ1v) is 3.15. The number of carboxylic acids is 1. The van der Waals surface area contributed by atoms with Crippen LogP contribution in [0.5, 0.6) is 0 Å². The number of carbonyl (C=O) groups is 1. The van der Waals surface area contributed by atoms with E-state index in [1.807, 2.05) is 0 Å². The minimum atomic E-state index is -1.56. The van der Waals surface area contributed by atoms with Gasteiger partial charge in [-0.1, -0.05) is 11.6 Å². The molecule has 0 bridgehead atoms. The molecule has 4 heteroatoms. The number of aromatic carboxylic acids is 1. The molecule has 0 aliphatic carbocycles. The summed E-state index contributed by atoms with van der Waals surface area (Å²) >= 11 is 5.40. The van der Waals surface area contributed by atoms with Crippen molar-refractivity contribution in [1.29, 1.82) is 0 Å². The van der Waals surface area contributed by atoms with Crippen LogP contribution in [0.1, 0.15) is 10.4 Å². The summed E-state index contributed by atoms with van der Waals surface area (Å²) in [6.45, 7) is 0. The number of carbonyl (C=O) groups excluding carboxylic acids is 1. The van der Waals surface area contributed by atoms with Gasteiger partial charge < -0.3 is 9.90 Å². The molecule has 0 amide bonds. The first-order chi connectivity index (χ1) is 5.11. The second kappa shape index (κ2) is 2.88. The topological polar surface area (TPSA) is 40.1 Å². The molecule has 0 aliphatic heterocycles. The van der Waals surface area contributed by atoms with Gasteiger partial charge in [0.15, 0.2) is 0 Å². The van der Waals surface area contributed by atoms with Crippen molar-refractivity contribution in [2.45, 2.75) is 0 Å². The van der Waals surface area contributed by atoms with Gasteiger partial charge in [0.1, 0.15) is 5.82 Å². The number of carboxylic acid groups (broad SMARTS) is 1. The van der Waals surface area contributed by atoms with Crippen molar-refractivity contribution < 1.29 is 14.3 Å². The molecule has 58 valence electrons. The highest BCUT2D eigenvalue weighted by Crippen LogP contribution is 2.13. The summed E-state index contributed by atoms with van der Waals surface area (Å²) in [7, 11) is 0. The second-order valence-electron chi connectivity index (χ2n) is 1.91. The minimum absolute atomic E-state index is 0.172. The number of benzene rings is 1. The summed E-state index contributed by atoms with van der Waals surface area (Å²) in [5.41, 5.74) is -0.516. The SMILES string of the molecule is O=C([O-])c1cc(Cl)ccc1F. The van der Waals surface area contributed by atoms with Crippen molar-refractivity contribution in [3.05, 3.63) is 34.6 Å². The molecule has 0 spiro atoms. The Hall–Kier alpha value is -1.09. The molecule has 0 fully saturated rings. The zero-order valence-corrected chi connectivity index (χ0v) is 6.06. The van der Waals surface area contributed by atoms with Crippen LogP contribution in [0.2, 0.25) is 5.02 Å². The van der Waals surface area contributed by atoms with E-state index in [4.69, 9.17) is 11.6 Å². The molecule has 0 heterocycles.